The zero-order valence-electron chi connectivity index (χ0n) is 8.41. The molecule has 0 aromatic carbocycles. The molecule has 92 valence electrons. The number of alkyl halides is 6. The van der Waals surface area contributed by atoms with E-state index in [1.807, 2.05) is 0 Å². The monoisotopic (exact) mass is 244 g/mol. The molecule has 0 spiro atoms. The zero-order valence-corrected chi connectivity index (χ0v) is 8.41. The Morgan fingerprint density at radius 1 is 1.06 bits per heavy atom. The third kappa shape index (κ3) is 7.14. The molecule has 0 N–H and O–H groups in total. The van der Waals surface area contributed by atoms with E-state index in [9.17, 15) is 26.3 Å². The highest BCUT2D eigenvalue weighted by molar-refractivity contribution is 5.28. The lowest BCUT2D eigenvalue weighted by atomic mass is 10.1. The van der Waals surface area contributed by atoms with Crippen LogP contribution in [0.1, 0.15) is 13.3 Å². The quantitative estimate of drug-likeness (QED) is 0.504. The van der Waals surface area contributed by atoms with E-state index in [2.05, 4.69) is 6.58 Å². The van der Waals surface area contributed by atoms with E-state index in [4.69, 9.17) is 0 Å². The molecule has 0 aliphatic heterocycles. The van der Waals surface area contributed by atoms with Crippen molar-refractivity contribution in [1.29, 1.82) is 0 Å². The summed E-state index contributed by atoms with van der Waals surface area (Å²) in [4.78, 5) is 0. The fraction of sp³-hybridized carbons (Fsp3) is 0.400. The van der Waals surface area contributed by atoms with Gasteiger partial charge >= 0.3 is 12.4 Å². The summed E-state index contributed by atoms with van der Waals surface area (Å²) >= 11 is 0. The Morgan fingerprint density at radius 2 is 1.56 bits per heavy atom. The molecule has 0 nitrogen and oxygen atoms in total. The normalized spacial score (nSPS) is 14.6. The van der Waals surface area contributed by atoms with Gasteiger partial charge in [0.1, 0.15) is 0 Å². The van der Waals surface area contributed by atoms with Gasteiger partial charge in [0.2, 0.25) is 0 Å². The summed E-state index contributed by atoms with van der Waals surface area (Å²) in [7, 11) is 0. The van der Waals surface area contributed by atoms with Gasteiger partial charge in [-0.15, -0.1) is 0 Å². The highest BCUT2D eigenvalue weighted by Gasteiger charge is 2.33. The second-order valence-corrected chi connectivity index (χ2v) is 3.16. The van der Waals surface area contributed by atoms with Gasteiger partial charge in [0.05, 0.1) is 12.0 Å². The first-order valence-electron chi connectivity index (χ1n) is 4.20. The van der Waals surface area contributed by atoms with Crippen molar-refractivity contribution < 1.29 is 26.3 Å². The van der Waals surface area contributed by atoms with Crippen LogP contribution in [0.4, 0.5) is 26.3 Å². The second-order valence-electron chi connectivity index (χ2n) is 3.16. The Labute approximate surface area is 88.9 Å². The fourth-order valence-corrected chi connectivity index (χ4v) is 0.736. The topological polar surface area (TPSA) is 0 Å². The Balaban J connectivity index is 4.90. The number of halogens is 6. The molecule has 0 bridgehead atoms. The number of hydrogen-bond donors (Lipinski definition) is 0. The van der Waals surface area contributed by atoms with Gasteiger partial charge in [-0.05, 0) is 6.92 Å². The summed E-state index contributed by atoms with van der Waals surface area (Å²) in [5.41, 5.74) is -1.00. The first-order chi connectivity index (χ1) is 7.02. The predicted molar refractivity (Wildman–Crippen MR) is 48.8 cm³/mol. The predicted octanol–water partition coefficient (Wildman–Crippen LogP) is 4.56. The standard InChI is InChI=1S/C10H10F6/c1-7(2)3-4-8(10(14,15)16)5-6-9(11,12)13/h3-5H,1,6H2,2H3/b4-3-,8-5+. The minimum Gasteiger partial charge on any atom is -0.171 e. The van der Waals surface area contributed by atoms with Gasteiger partial charge in [0.25, 0.3) is 0 Å². The average Bonchev–Trinajstić information content (AvgIpc) is 1.98. The molecule has 0 fully saturated rings. The van der Waals surface area contributed by atoms with Crippen LogP contribution in [0.15, 0.2) is 36.0 Å². The maximum absolute atomic E-state index is 12.2. The van der Waals surface area contributed by atoms with Gasteiger partial charge < -0.3 is 0 Å². The zero-order chi connectivity index (χ0) is 13.0. The molecule has 16 heavy (non-hydrogen) atoms. The minimum absolute atomic E-state index is 0.111. The van der Waals surface area contributed by atoms with Crippen LogP contribution in [0, 0.1) is 0 Å². The van der Waals surface area contributed by atoms with Crippen LogP contribution in [-0.4, -0.2) is 12.4 Å². The molecular formula is C10H10F6. The maximum atomic E-state index is 12.2. The van der Waals surface area contributed by atoms with E-state index < -0.39 is 24.3 Å². The van der Waals surface area contributed by atoms with E-state index in [0.29, 0.717) is 11.6 Å². The van der Waals surface area contributed by atoms with E-state index >= 15 is 0 Å². The molecule has 0 saturated heterocycles. The summed E-state index contributed by atoms with van der Waals surface area (Å²) in [6.45, 7) is 4.75. The summed E-state index contributed by atoms with van der Waals surface area (Å²) < 4.78 is 71.9. The number of rotatable bonds is 3. The van der Waals surface area contributed by atoms with Crippen molar-refractivity contribution in [1.82, 2.24) is 0 Å². The molecule has 0 aromatic heterocycles. The van der Waals surface area contributed by atoms with Crippen LogP contribution in [-0.2, 0) is 0 Å². The summed E-state index contributed by atoms with van der Waals surface area (Å²) in [6, 6.07) is 0. The van der Waals surface area contributed by atoms with E-state index in [1.54, 1.807) is 0 Å². The van der Waals surface area contributed by atoms with Crippen molar-refractivity contribution in [3.63, 3.8) is 0 Å². The Bertz CT molecular complexity index is 302. The first kappa shape index (κ1) is 14.8. The third-order valence-electron chi connectivity index (χ3n) is 1.43. The van der Waals surface area contributed by atoms with Crippen molar-refractivity contribution >= 4 is 0 Å². The molecule has 0 radical (unpaired) electrons. The van der Waals surface area contributed by atoms with E-state index in [0.717, 1.165) is 6.08 Å². The lowest BCUT2D eigenvalue weighted by Crippen LogP contribution is -2.12. The minimum atomic E-state index is -4.79. The molecule has 0 aliphatic rings. The van der Waals surface area contributed by atoms with E-state index in [-0.39, 0.29) is 6.08 Å². The molecule has 0 amide bonds. The van der Waals surface area contributed by atoms with Crippen LogP contribution in [0.3, 0.4) is 0 Å². The highest BCUT2D eigenvalue weighted by atomic mass is 19.4. The summed E-state index contributed by atoms with van der Waals surface area (Å²) in [5.74, 6) is 0. The van der Waals surface area contributed by atoms with Crippen LogP contribution in [0.2, 0.25) is 0 Å². The number of hydrogen-bond acceptors (Lipinski definition) is 0. The summed E-state index contributed by atoms with van der Waals surface area (Å²) in [5, 5.41) is 0. The van der Waals surface area contributed by atoms with Crippen LogP contribution < -0.4 is 0 Å². The van der Waals surface area contributed by atoms with Gasteiger partial charge in [-0.3, -0.25) is 0 Å². The van der Waals surface area contributed by atoms with Gasteiger partial charge in [-0.25, -0.2) is 0 Å². The molecule has 0 aromatic rings. The second kappa shape index (κ2) is 5.23. The van der Waals surface area contributed by atoms with Crippen LogP contribution >= 0.6 is 0 Å². The molecule has 0 aliphatic carbocycles. The molecule has 0 unspecified atom stereocenters. The van der Waals surface area contributed by atoms with E-state index in [1.165, 1.54) is 6.92 Å². The van der Waals surface area contributed by atoms with Crippen molar-refractivity contribution in [3.8, 4) is 0 Å². The third-order valence-corrected chi connectivity index (χ3v) is 1.43. The maximum Gasteiger partial charge on any atom is 0.416 e. The van der Waals surface area contributed by atoms with Gasteiger partial charge in [0.15, 0.2) is 0 Å². The number of allylic oxidation sites excluding steroid dienone is 5. The molecule has 0 rings (SSSR count). The van der Waals surface area contributed by atoms with Gasteiger partial charge in [-0.1, -0.05) is 30.4 Å². The van der Waals surface area contributed by atoms with Crippen molar-refractivity contribution in [3.05, 3.63) is 36.0 Å². The van der Waals surface area contributed by atoms with Crippen molar-refractivity contribution in [2.45, 2.75) is 25.7 Å². The van der Waals surface area contributed by atoms with Gasteiger partial charge in [-0.2, -0.15) is 26.3 Å². The van der Waals surface area contributed by atoms with Crippen LogP contribution in [0.5, 0.6) is 0 Å². The Hall–Kier alpha value is -1.20. The first-order valence-corrected chi connectivity index (χ1v) is 4.20. The van der Waals surface area contributed by atoms with Crippen molar-refractivity contribution in [2.24, 2.45) is 0 Å². The Kier molecular flexibility index (Phi) is 4.83. The molecule has 0 heterocycles. The molecule has 0 saturated carbocycles. The average molecular weight is 244 g/mol. The Morgan fingerprint density at radius 3 is 1.88 bits per heavy atom. The molecule has 6 heteroatoms. The SMILES string of the molecule is C=C(C)/C=C\C(=C/CC(F)(F)F)C(F)(F)F. The molecular weight excluding hydrogens is 234 g/mol. The van der Waals surface area contributed by atoms with Crippen LogP contribution in [0.25, 0.3) is 0 Å². The molecule has 0 atom stereocenters. The van der Waals surface area contributed by atoms with Crippen molar-refractivity contribution in [2.75, 3.05) is 0 Å². The largest absolute Gasteiger partial charge is 0.416 e. The van der Waals surface area contributed by atoms with Gasteiger partial charge in [0, 0.05) is 0 Å². The lowest BCUT2D eigenvalue weighted by molar-refractivity contribution is -0.126. The summed E-state index contributed by atoms with van der Waals surface area (Å²) in [6.07, 6.45) is -9.35. The smallest absolute Gasteiger partial charge is 0.171 e. The fourth-order valence-electron chi connectivity index (χ4n) is 0.736. The lowest BCUT2D eigenvalue weighted by Gasteiger charge is -2.09. The highest BCUT2D eigenvalue weighted by Crippen LogP contribution is 2.30.